The first-order chi connectivity index (χ1) is 11.5. The summed E-state index contributed by atoms with van der Waals surface area (Å²) in [5, 5.41) is 10.4. The van der Waals surface area contributed by atoms with Crippen molar-refractivity contribution in [3.8, 4) is 0 Å². The third-order valence-electron chi connectivity index (χ3n) is 8.01. The van der Waals surface area contributed by atoms with Crippen LogP contribution in [-0.4, -0.2) is 22.3 Å². The molecule has 0 aliphatic heterocycles. The summed E-state index contributed by atoms with van der Waals surface area (Å²) in [5.41, 5.74) is 1.00. The molecule has 0 amide bonds. The second-order valence-electron chi connectivity index (χ2n) is 8.88. The van der Waals surface area contributed by atoms with Gasteiger partial charge in [0, 0.05) is 12.3 Å². The van der Waals surface area contributed by atoms with Gasteiger partial charge in [0.05, 0.1) is 17.3 Å². The Bertz CT molecular complexity index is 574. The molecular formula is C20H28BrFO2. The van der Waals surface area contributed by atoms with Gasteiger partial charge in [-0.15, -0.1) is 0 Å². The van der Waals surface area contributed by atoms with Crippen molar-refractivity contribution >= 4 is 21.7 Å². The van der Waals surface area contributed by atoms with Crippen LogP contribution in [0.25, 0.3) is 0 Å². The van der Waals surface area contributed by atoms with Crippen molar-refractivity contribution in [2.45, 2.75) is 64.4 Å². The van der Waals surface area contributed by atoms with Crippen molar-refractivity contribution < 1.29 is 14.3 Å². The maximum absolute atomic E-state index is 14.9. The van der Waals surface area contributed by atoms with E-state index in [0.29, 0.717) is 47.6 Å². The van der Waals surface area contributed by atoms with Gasteiger partial charge in [-0.2, -0.15) is 0 Å². The number of Topliss-reactive ketones (excluding diaryl/α,β-unsaturated/α-hetero) is 1. The minimum Gasteiger partial charge on any atom is -0.393 e. The topological polar surface area (TPSA) is 37.3 Å². The zero-order valence-corrected chi connectivity index (χ0v) is 16.0. The van der Waals surface area contributed by atoms with Gasteiger partial charge in [-0.25, -0.2) is 4.39 Å². The zero-order chi connectivity index (χ0) is 17.1. The number of carbonyl (C=O) groups is 1. The van der Waals surface area contributed by atoms with Gasteiger partial charge >= 0.3 is 0 Å². The molecule has 1 N–H and O–H groups in total. The Hall–Kier alpha value is -0.220. The molecule has 0 spiro atoms. The fourth-order valence-corrected chi connectivity index (χ4v) is 7.30. The van der Waals surface area contributed by atoms with Crippen molar-refractivity contribution in [2.75, 3.05) is 5.33 Å². The van der Waals surface area contributed by atoms with Crippen molar-refractivity contribution in [1.82, 2.24) is 0 Å². The van der Waals surface area contributed by atoms with Crippen LogP contribution >= 0.6 is 15.9 Å². The van der Waals surface area contributed by atoms with Crippen molar-refractivity contribution in [3.05, 3.63) is 11.4 Å². The largest absolute Gasteiger partial charge is 0.393 e. The summed E-state index contributed by atoms with van der Waals surface area (Å²) in [6.07, 6.45) is 6.81. The Morgan fingerprint density at radius 3 is 2.75 bits per heavy atom. The van der Waals surface area contributed by atoms with E-state index in [9.17, 15) is 14.3 Å². The molecule has 134 valence electrons. The molecule has 0 bridgehead atoms. The summed E-state index contributed by atoms with van der Waals surface area (Å²) < 4.78 is 14.9. The van der Waals surface area contributed by atoms with Gasteiger partial charge in [0.15, 0.2) is 0 Å². The number of carbonyl (C=O) groups excluding carboxylic acids is 1. The van der Waals surface area contributed by atoms with E-state index in [1.54, 1.807) is 0 Å². The first kappa shape index (κ1) is 17.2. The summed E-state index contributed by atoms with van der Waals surface area (Å²) in [6.45, 7) is 2.30. The Kier molecular flexibility index (Phi) is 4.44. The Balaban J connectivity index is 1.63. The molecule has 0 aromatic carbocycles. The standard InChI is InChI=1S/C20H28BrFO2/c1-20-7-6-13-12-3-2-11(23)8-15(12)18(22)9-14(13)16(20)4-5-17(20)19(24)10-21/h11-14,16-17,23H,2-10H2,1H3. The van der Waals surface area contributed by atoms with Gasteiger partial charge in [0.1, 0.15) is 5.78 Å². The van der Waals surface area contributed by atoms with Crippen LogP contribution in [0.15, 0.2) is 11.4 Å². The van der Waals surface area contributed by atoms with Gasteiger partial charge in [-0.3, -0.25) is 4.79 Å². The highest BCUT2D eigenvalue weighted by Crippen LogP contribution is 2.64. The Morgan fingerprint density at radius 2 is 2.00 bits per heavy atom. The van der Waals surface area contributed by atoms with Crippen LogP contribution in [0.4, 0.5) is 4.39 Å². The highest BCUT2D eigenvalue weighted by Gasteiger charge is 2.58. The fourth-order valence-electron chi connectivity index (χ4n) is 6.91. The van der Waals surface area contributed by atoms with E-state index in [1.165, 1.54) is 0 Å². The molecule has 7 atom stereocenters. The van der Waals surface area contributed by atoms with Crippen LogP contribution in [0, 0.1) is 35.0 Å². The van der Waals surface area contributed by atoms with E-state index in [1.807, 2.05) is 0 Å². The molecule has 7 unspecified atom stereocenters. The van der Waals surface area contributed by atoms with E-state index < -0.39 is 0 Å². The predicted molar refractivity (Wildman–Crippen MR) is 95.4 cm³/mol. The predicted octanol–water partition coefficient (Wildman–Crippen LogP) is 4.80. The smallest absolute Gasteiger partial charge is 0.147 e. The maximum Gasteiger partial charge on any atom is 0.147 e. The minimum absolute atomic E-state index is 0.0674. The maximum atomic E-state index is 14.9. The van der Waals surface area contributed by atoms with Crippen LogP contribution in [0.2, 0.25) is 0 Å². The summed E-state index contributed by atoms with van der Waals surface area (Å²) in [7, 11) is 0. The molecule has 0 radical (unpaired) electrons. The molecule has 4 rings (SSSR count). The van der Waals surface area contributed by atoms with E-state index in [0.717, 1.165) is 44.1 Å². The van der Waals surface area contributed by atoms with Crippen LogP contribution in [0.1, 0.15) is 58.3 Å². The zero-order valence-electron chi connectivity index (χ0n) is 14.4. The number of halogens is 2. The van der Waals surface area contributed by atoms with E-state index in [-0.39, 0.29) is 23.3 Å². The highest BCUT2D eigenvalue weighted by molar-refractivity contribution is 9.09. The monoisotopic (exact) mass is 398 g/mol. The molecular weight excluding hydrogens is 371 g/mol. The second kappa shape index (κ2) is 6.19. The van der Waals surface area contributed by atoms with Crippen LogP contribution < -0.4 is 0 Å². The molecule has 0 heterocycles. The first-order valence-corrected chi connectivity index (χ1v) is 10.7. The molecule has 3 saturated carbocycles. The average molecular weight is 399 g/mol. The SMILES string of the molecule is CC12CCC3C4CCC(O)CC4=C(F)CC3C1CCC2C(=O)CBr. The van der Waals surface area contributed by atoms with E-state index in [2.05, 4.69) is 22.9 Å². The summed E-state index contributed by atoms with van der Waals surface area (Å²) in [6, 6.07) is 0. The van der Waals surface area contributed by atoms with Crippen LogP contribution in [0.5, 0.6) is 0 Å². The lowest BCUT2D eigenvalue weighted by molar-refractivity contribution is -0.126. The number of ketones is 1. The molecule has 4 heteroatoms. The fraction of sp³-hybridized carbons (Fsp3) is 0.850. The summed E-state index contributed by atoms with van der Waals surface area (Å²) in [5.74, 6) is 2.38. The lowest BCUT2D eigenvalue weighted by Crippen LogP contribution is -2.48. The lowest BCUT2D eigenvalue weighted by atomic mass is 9.51. The summed E-state index contributed by atoms with van der Waals surface area (Å²) >= 11 is 3.35. The van der Waals surface area contributed by atoms with Gasteiger partial charge < -0.3 is 5.11 Å². The number of aliphatic hydroxyl groups excluding tert-OH is 1. The van der Waals surface area contributed by atoms with E-state index >= 15 is 0 Å². The normalized spacial score (nSPS) is 47.8. The molecule has 2 nitrogen and oxygen atoms in total. The first-order valence-electron chi connectivity index (χ1n) is 9.60. The third-order valence-corrected chi connectivity index (χ3v) is 8.56. The van der Waals surface area contributed by atoms with Gasteiger partial charge in [0.2, 0.25) is 0 Å². The molecule has 4 aliphatic rings. The van der Waals surface area contributed by atoms with E-state index in [4.69, 9.17) is 0 Å². The van der Waals surface area contributed by atoms with Crippen LogP contribution in [0.3, 0.4) is 0 Å². The van der Waals surface area contributed by atoms with Crippen molar-refractivity contribution in [2.24, 2.45) is 35.0 Å². The van der Waals surface area contributed by atoms with Gasteiger partial charge in [-0.05, 0) is 79.6 Å². The molecule has 4 aliphatic carbocycles. The number of hydrogen-bond donors (Lipinski definition) is 1. The molecule has 0 aromatic heterocycles. The second-order valence-corrected chi connectivity index (χ2v) is 9.45. The number of allylic oxidation sites excluding steroid dienone is 1. The number of alkyl halides is 1. The number of aliphatic hydroxyl groups is 1. The van der Waals surface area contributed by atoms with Crippen LogP contribution in [-0.2, 0) is 4.79 Å². The third kappa shape index (κ3) is 2.46. The molecule has 3 fully saturated rings. The molecule has 0 saturated heterocycles. The van der Waals surface area contributed by atoms with Gasteiger partial charge in [0.25, 0.3) is 0 Å². The Morgan fingerprint density at radius 1 is 1.21 bits per heavy atom. The summed E-state index contributed by atoms with van der Waals surface area (Å²) in [4.78, 5) is 12.4. The number of fused-ring (bicyclic) bond motifs is 5. The average Bonchev–Trinajstić information content (AvgIpc) is 2.92. The molecule has 24 heavy (non-hydrogen) atoms. The van der Waals surface area contributed by atoms with Crippen molar-refractivity contribution in [3.63, 3.8) is 0 Å². The number of rotatable bonds is 2. The number of hydrogen-bond acceptors (Lipinski definition) is 2. The quantitative estimate of drug-likeness (QED) is 0.678. The Labute approximate surface area is 152 Å². The van der Waals surface area contributed by atoms with Crippen molar-refractivity contribution in [1.29, 1.82) is 0 Å². The minimum atomic E-state index is -0.347. The highest BCUT2D eigenvalue weighted by atomic mass is 79.9. The lowest BCUT2D eigenvalue weighted by Gasteiger charge is -2.53. The molecule has 0 aromatic rings. The van der Waals surface area contributed by atoms with Gasteiger partial charge in [-0.1, -0.05) is 22.9 Å².